The molecule has 1 saturated heterocycles. The van der Waals surface area contributed by atoms with Gasteiger partial charge < -0.3 is 10.5 Å². The maximum absolute atomic E-state index is 6.21. The van der Waals surface area contributed by atoms with E-state index in [1.54, 1.807) is 0 Å². The average molecular weight is 205 g/mol. The Hall–Kier alpha value is -0.860. The molecular formula is C13H19NO. The van der Waals surface area contributed by atoms with Crippen LogP contribution in [0.25, 0.3) is 0 Å². The van der Waals surface area contributed by atoms with E-state index in [-0.39, 0.29) is 6.04 Å². The number of hydrogen-bond donors (Lipinski definition) is 1. The Bertz CT molecular complexity index is 301. The maximum atomic E-state index is 6.21. The van der Waals surface area contributed by atoms with E-state index < -0.39 is 0 Å². The predicted octanol–water partition coefficient (Wildman–Crippen LogP) is 2.29. The zero-order valence-electron chi connectivity index (χ0n) is 9.28. The van der Waals surface area contributed by atoms with Crippen LogP contribution in [0.15, 0.2) is 24.3 Å². The summed E-state index contributed by atoms with van der Waals surface area (Å²) in [4.78, 5) is 0. The molecule has 1 heterocycles. The van der Waals surface area contributed by atoms with Crippen LogP contribution in [0.3, 0.4) is 0 Å². The van der Waals surface area contributed by atoms with Crippen LogP contribution in [0, 0.1) is 5.92 Å². The molecule has 0 spiro atoms. The van der Waals surface area contributed by atoms with E-state index in [2.05, 4.69) is 31.2 Å². The number of aryl methyl sites for hydroxylation is 1. The first kappa shape index (κ1) is 10.7. The number of nitrogens with two attached hydrogens (primary N) is 1. The van der Waals surface area contributed by atoms with Crippen molar-refractivity contribution in [1.82, 2.24) is 0 Å². The summed E-state index contributed by atoms with van der Waals surface area (Å²) < 4.78 is 5.36. The molecule has 2 atom stereocenters. The topological polar surface area (TPSA) is 35.2 Å². The highest BCUT2D eigenvalue weighted by Gasteiger charge is 2.23. The van der Waals surface area contributed by atoms with Crippen LogP contribution in [0.2, 0.25) is 0 Å². The second-order valence-electron chi connectivity index (χ2n) is 4.24. The third-order valence-electron chi connectivity index (χ3n) is 3.25. The SMILES string of the molecule is CCc1ccc(C(N)C2CCOC2)cc1. The quantitative estimate of drug-likeness (QED) is 0.821. The monoisotopic (exact) mass is 205 g/mol. The molecule has 0 amide bonds. The van der Waals surface area contributed by atoms with Gasteiger partial charge in [-0.05, 0) is 24.0 Å². The van der Waals surface area contributed by atoms with E-state index in [0.717, 1.165) is 26.1 Å². The van der Waals surface area contributed by atoms with Crippen LogP contribution >= 0.6 is 0 Å². The van der Waals surface area contributed by atoms with E-state index in [9.17, 15) is 0 Å². The Morgan fingerprint density at radius 2 is 2.13 bits per heavy atom. The van der Waals surface area contributed by atoms with Gasteiger partial charge in [-0.3, -0.25) is 0 Å². The summed E-state index contributed by atoms with van der Waals surface area (Å²) in [5.74, 6) is 0.498. The van der Waals surface area contributed by atoms with Gasteiger partial charge in [0.1, 0.15) is 0 Å². The number of ether oxygens (including phenoxy) is 1. The van der Waals surface area contributed by atoms with Gasteiger partial charge in [-0.25, -0.2) is 0 Å². The Labute approximate surface area is 91.4 Å². The summed E-state index contributed by atoms with van der Waals surface area (Å²) in [6.07, 6.45) is 2.18. The van der Waals surface area contributed by atoms with Gasteiger partial charge in [0.15, 0.2) is 0 Å². The minimum atomic E-state index is 0.137. The van der Waals surface area contributed by atoms with E-state index in [1.807, 2.05) is 0 Å². The van der Waals surface area contributed by atoms with Crippen LogP contribution < -0.4 is 5.73 Å². The van der Waals surface area contributed by atoms with Crippen LogP contribution in [-0.2, 0) is 11.2 Å². The molecule has 0 radical (unpaired) electrons. The lowest BCUT2D eigenvalue weighted by atomic mass is 9.92. The molecule has 1 aliphatic heterocycles. The minimum Gasteiger partial charge on any atom is -0.381 e. The van der Waals surface area contributed by atoms with E-state index in [4.69, 9.17) is 10.5 Å². The van der Waals surface area contributed by atoms with Crippen molar-refractivity contribution in [2.45, 2.75) is 25.8 Å². The van der Waals surface area contributed by atoms with Crippen LogP contribution in [-0.4, -0.2) is 13.2 Å². The van der Waals surface area contributed by atoms with Crippen molar-refractivity contribution < 1.29 is 4.74 Å². The smallest absolute Gasteiger partial charge is 0.0513 e. The Balaban J connectivity index is 2.07. The molecule has 0 saturated carbocycles. The maximum Gasteiger partial charge on any atom is 0.0513 e. The molecule has 1 aromatic rings. The summed E-state index contributed by atoms with van der Waals surface area (Å²) in [5.41, 5.74) is 8.82. The number of hydrogen-bond acceptors (Lipinski definition) is 2. The standard InChI is InChI=1S/C13H19NO/c1-2-10-3-5-11(6-4-10)13(14)12-7-8-15-9-12/h3-6,12-13H,2,7-9,14H2,1H3. The van der Waals surface area contributed by atoms with Crippen molar-refractivity contribution >= 4 is 0 Å². The number of benzene rings is 1. The van der Waals surface area contributed by atoms with Crippen molar-refractivity contribution in [1.29, 1.82) is 0 Å². The fourth-order valence-electron chi connectivity index (χ4n) is 2.08. The molecule has 0 aliphatic carbocycles. The molecule has 1 aromatic carbocycles. The summed E-state index contributed by atoms with van der Waals surface area (Å²) in [6.45, 7) is 3.85. The van der Waals surface area contributed by atoms with E-state index >= 15 is 0 Å². The molecule has 2 unspecified atom stereocenters. The van der Waals surface area contributed by atoms with Gasteiger partial charge in [0, 0.05) is 18.6 Å². The fourth-order valence-corrected chi connectivity index (χ4v) is 2.08. The van der Waals surface area contributed by atoms with Crippen LogP contribution in [0.4, 0.5) is 0 Å². The Morgan fingerprint density at radius 3 is 2.67 bits per heavy atom. The van der Waals surface area contributed by atoms with Crippen LogP contribution in [0.1, 0.15) is 30.5 Å². The molecule has 2 rings (SSSR count). The van der Waals surface area contributed by atoms with Gasteiger partial charge in [0.05, 0.1) is 6.61 Å². The molecule has 2 nitrogen and oxygen atoms in total. The van der Waals surface area contributed by atoms with E-state index in [1.165, 1.54) is 11.1 Å². The average Bonchev–Trinajstić information content (AvgIpc) is 2.82. The molecule has 1 aliphatic rings. The molecule has 0 bridgehead atoms. The van der Waals surface area contributed by atoms with Crippen molar-refractivity contribution in [2.75, 3.05) is 13.2 Å². The van der Waals surface area contributed by atoms with Gasteiger partial charge in [-0.15, -0.1) is 0 Å². The Morgan fingerprint density at radius 1 is 1.40 bits per heavy atom. The molecule has 0 aromatic heterocycles. The third kappa shape index (κ3) is 2.39. The van der Waals surface area contributed by atoms with Crippen molar-refractivity contribution in [3.63, 3.8) is 0 Å². The molecule has 2 N–H and O–H groups in total. The highest BCUT2D eigenvalue weighted by molar-refractivity contribution is 5.25. The lowest BCUT2D eigenvalue weighted by Gasteiger charge is -2.18. The first-order chi connectivity index (χ1) is 7.31. The summed E-state index contributed by atoms with van der Waals surface area (Å²) in [6, 6.07) is 8.79. The van der Waals surface area contributed by atoms with Gasteiger partial charge in [-0.1, -0.05) is 31.2 Å². The third-order valence-corrected chi connectivity index (χ3v) is 3.25. The summed E-state index contributed by atoms with van der Waals surface area (Å²) in [7, 11) is 0. The molecular weight excluding hydrogens is 186 g/mol. The van der Waals surface area contributed by atoms with Gasteiger partial charge >= 0.3 is 0 Å². The zero-order valence-corrected chi connectivity index (χ0v) is 9.28. The minimum absolute atomic E-state index is 0.137. The van der Waals surface area contributed by atoms with Crippen LogP contribution in [0.5, 0.6) is 0 Å². The molecule has 2 heteroatoms. The second kappa shape index (κ2) is 4.77. The first-order valence-electron chi connectivity index (χ1n) is 5.73. The van der Waals surface area contributed by atoms with Crippen molar-refractivity contribution in [3.05, 3.63) is 35.4 Å². The summed E-state index contributed by atoms with van der Waals surface area (Å²) in [5, 5.41) is 0. The predicted molar refractivity (Wildman–Crippen MR) is 61.7 cm³/mol. The largest absolute Gasteiger partial charge is 0.381 e. The highest BCUT2D eigenvalue weighted by Crippen LogP contribution is 2.26. The molecule has 15 heavy (non-hydrogen) atoms. The van der Waals surface area contributed by atoms with Gasteiger partial charge in [0.25, 0.3) is 0 Å². The first-order valence-corrected chi connectivity index (χ1v) is 5.73. The normalized spacial score (nSPS) is 22.9. The second-order valence-corrected chi connectivity index (χ2v) is 4.24. The van der Waals surface area contributed by atoms with Gasteiger partial charge in [-0.2, -0.15) is 0 Å². The zero-order chi connectivity index (χ0) is 10.7. The fraction of sp³-hybridized carbons (Fsp3) is 0.538. The van der Waals surface area contributed by atoms with Crippen molar-refractivity contribution in [2.24, 2.45) is 11.7 Å². The lowest BCUT2D eigenvalue weighted by Crippen LogP contribution is -2.21. The Kier molecular flexibility index (Phi) is 3.39. The summed E-state index contributed by atoms with van der Waals surface area (Å²) >= 11 is 0. The van der Waals surface area contributed by atoms with Gasteiger partial charge in [0.2, 0.25) is 0 Å². The molecule has 1 fully saturated rings. The highest BCUT2D eigenvalue weighted by atomic mass is 16.5. The lowest BCUT2D eigenvalue weighted by molar-refractivity contribution is 0.181. The van der Waals surface area contributed by atoms with E-state index in [0.29, 0.717) is 5.92 Å². The van der Waals surface area contributed by atoms with Crippen molar-refractivity contribution in [3.8, 4) is 0 Å². The molecule has 82 valence electrons. The number of rotatable bonds is 3.